The molecule has 1 amide bonds. The van der Waals surface area contributed by atoms with Crippen LogP contribution >= 0.6 is 0 Å². The quantitative estimate of drug-likeness (QED) is 0.437. The van der Waals surface area contributed by atoms with Gasteiger partial charge in [0, 0.05) is 25.4 Å². The molecule has 2 aromatic carbocycles. The van der Waals surface area contributed by atoms with Crippen molar-refractivity contribution in [1.82, 2.24) is 20.1 Å². The number of nitrogens with zero attached hydrogens (tertiary/aromatic N) is 4. The van der Waals surface area contributed by atoms with E-state index in [-0.39, 0.29) is 5.91 Å². The molecule has 2 heterocycles. The minimum atomic E-state index is -0.511. The molecule has 0 radical (unpaired) electrons. The van der Waals surface area contributed by atoms with Crippen molar-refractivity contribution in [3.8, 4) is 17.3 Å². The van der Waals surface area contributed by atoms with Gasteiger partial charge in [-0.3, -0.25) is 14.5 Å². The number of rotatable bonds is 8. The van der Waals surface area contributed by atoms with Crippen LogP contribution < -0.4 is 10.6 Å². The van der Waals surface area contributed by atoms with Crippen molar-refractivity contribution in [3.63, 3.8) is 0 Å². The van der Waals surface area contributed by atoms with E-state index in [0.29, 0.717) is 17.8 Å². The van der Waals surface area contributed by atoms with Gasteiger partial charge in [0.05, 0.1) is 35.4 Å². The number of hydrogen-bond acceptors (Lipinski definition) is 5. The lowest BCUT2D eigenvalue weighted by Crippen LogP contribution is -2.34. The minimum absolute atomic E-state index is 0.156. The Labute approximate surface area is 192 Å². The van der Waals surface area contributed by atoms with Crippen molar-refractivity contribution in [3.05, 3.63) is 102 Å². The van der Waals surface area contributed by atoms with E-state index < -0.39 is 6.04 Å². The highest BCUT2D eigenvalue weighted by atomic mass is 16.2. The zero-order chi connectivity index (χ0) is 23.0. The van der Waals surface area contributed by atoms with E-state index in [2.05, 4.69) is 26.8 Å². The first-order chi connectivity index (χ1) is 16.1. The van der Waals surface area contributed by atoms with Gasteiger partial charge in [0.15, 0.2) is 0 Å². The first kappa shape index (κ1) is 21.9. The molecule has 7 heteroatoms. The molecule has 0 saturated heterocycles. The number of amides is 1. The monoisotopic (exact) mass is 436 g/mol. The van der Waals surface area contributed by atoms with Crippen molar-refractivity contribution in [2.75, 3.05) is 11.9 Å². The first-order valence-corrected chi connectivity index (χ1v) is 10.7. The van der Waals surface area contributed by atoms with Gasteiger partial charge in [0.2, 0.25) is 5.91 Å². The molecule has 0 fully saturated rings. The van der Waals surface area contributed by atoms with Crippen molar-refractivity contribution in [2.24, 2.45) is 7.05 Å². The number of pyridine rings is 1. The summed E-state index contributed by atoms with van der Waals surface area (Å²) < 4.78 is 1.72. The molecule has 7 nitrogen and oxygen atoms in total. The topological polar surface area (TPSA) is 95.6 Å². The van der Waals surface area contributed by atoms with E-state index in [4.69, 9.17) is 5.26 Å². The number of anilines is 1. The molecule has 4 aromatic rings. The van der Waals surface area contributed by atoms with Gasteiger partial charge in [-0.25, -0.2) is 0 Å². The largest absolute Gasteiger partial charge is 0.323 e. The Morgan fingerprint density at radius 1 is 1.06 bits per heavy atom. The molecule has 0 aliphatic rings. The predicted molar refractivity (Wildman–Crippen MR) is 127 cm³/mol. The third kappa shape index (κ3) is 5.70. The molecule has 164 valence electrons. The average molecular weight is 437 g/mol. The van der Waals surface area contributed by atoms with E-state index in [1.165, 1.54) is 0 Å². The highest BCUT2D eigenvalue weighted by Crippen LogP contribution is 2.20. The van der Waals surface area contributed by atoms with Gasteiger partial charge in [0.1, 0.15) is 6.04 Å². The highest BCUT2D eigenvalue weighted by Gasteiger charge is 2.20. The second-order valence-corrected chi connectivity index (χ2v) is 7.68. The summed E-state index contributed by atoms with van der Waals surface area (Å²) in [6.45, 7) is 0.608. The van der Waals surface area contributed by atoms with E-state index in [0.717, 1.165) is 28.8 Å². The Kier molecular flexibility index (Phi) is 6.88. The Balaban J connectivity index is 1.42. The summed E-state index contributed by atoms with van der Waals surface area (Å²) in [5.41, 5.74) is 4.96. The molecule has 0 unspecified atom stereocenters. The van der Waals surface area contributed by atoms with E-state index >= 15 is 0 Å². The van der Waals surface area contributed by atoms with Gasteiger partial charge in [0.25, 0.3) is 0 Å². The Morgan fingerprint density at radius 3 is 2.48 bits per heavy atom. The predicted octanol–water partition coefficient (Wildman–Crippen LogP) is 3.87. The fourth-order valence-corrected chi connectivity index (χ4v) is 3.52. The molecule has 4 rings (SSSR count). The number of nitrogens with one attached hydrogen (secondary N) is 2. The lowest BCUT2D eigenvalue weighted by molar-refractivity contribution is -0.118. The number of benzene rings is 2. The molecule has 33 heavy (non-hydrogen) atoms. The molecule has 0 bridgehead atoms. The maximum atomic E-state index is 13.1. The van der Waals surface area contributed by atoms with Gasteiger partial charge >= 0.3 is 0 Å². The summed E-state index contributed by atoms with van der Waals surface area (Å²) in [5, 5.41) is 19.4. The molecule has 2 N–H and O–H groups in total. The second kappa shape index (κ2) is 10.4. The molecule has 0 aliphatic heterocycles. The zero-order valence-electron chi connectivity index (χ0n) is 18.3. The molecule has 0 spiro atoms. The van der Waals surface area contributed by atoms with Crippen LogP contribution in [0.1, 0.15) is 22.7 Å². The van der Waals surface area contributed by atoms with Gasteiger partial charge in [-0.05, 0) is 41.8 Å². The lowest BCUT2D eigenvalue weighted by Gasteiger charge is -2.19. The smallest absolute Gasteiger partial charge is 0.246 e. The highest BCUT2D eigenvalue weighted by molar-refractivity contribution is 5.95. The fourth-order valence-electron chi connectivity index (χ4n) is 3.52. The normalized spacial score (nSPS) is 11.5. The third-order valence-corrected chi connectivity index (χ3v) is 5.27. The number of aromatic nitrogens is 3. The Bertz CT molecular complexity index is 1240. The van der Waals surface area contributed by atoms with E-state index in [1.807, 2.05) is 67.8 Å². The summed E-state index contributed by atoms with van der Waals surface area (Å²) in [6.07, 6.45) is 6.04. The van der Waals surface area contributed by atoms with Crippen LogP contribution in [-0.4, -0.2) is 27.2 Å². The maximum Gasteiger partial charge on any atom is 0.246 e. The number of carbonyl (C=O) groups excluding carboxylic acids is 1. The van der Waals surface area contributed by atoms with E-state index in [1.54, 1.807) is 29.2 Å². The lowest BCUT2D eigenvalue weighted by atomic mass is 10.0. The maximum absolute atomic E-state index is 13.1. The van der Waals surface area contributed by atoms with Crippen molar-refractivity contribution in [1.29, 1.82) is 5.26 Å². The van der Waals surface area contributed by atoms with Crippen molar-refractivity contribution in [2.45, 2.75) is 12.5 Å². The van der Waals surface area contributed by atoms with Crippen LogP contribution in [0.4, 0.5) is 5.69 Å². The van der Waals surface area contributed by atoms with E-state index in [9.17, 15) is 4.79 Å². The van der Waals surface area contributed by atoms with Crippen LogP contribution in [0.2, 0.25) is 0 Å². The SMILES string of the molecule is Cn1cc(-c2ccc(NC(=O)[C@H](NCCc3ccc(C#N)cc3)c3ccccc3)cn2)cn1. The number of carbonyl (C=O) groups is 1. The van der Waals surface area contributed by atoms with Crippen LogP contribution in [0.15, 0.2) is 85.3 Å². The van der Waals surface area contributed by atoms with Crippen LogP contribution in [-0.2, 0) is 18.3 Å². The second-order valence-electron chi connectivity index (χ2n) is 7.68. The molecular formula is C26H24N6O. The summed E-state index contributed by atoms with van der Waals surface area (Å²) in [5.74, 6) is -0.156. The van der Waals surface area contributed by atoms with Gasteiger partial charge < -0.3 is 10.6 Å². The van der Waals surface area contributed by atoms with Crippen LogP contribution in [0, 0.1) is 11.3 Å². The standard InChI is InChI=1S/C26H24N6O/c1-32-18-22(16-30-32)24-12-11-23(17-29-24)31-26(33)25(21-5-3-2-4-6-21)28-14-13-19-7-9-20(15-27)10-8-19/h2-12,16-18,25,28H,13-14H2,1H3,(H,31,33)/t25-/m1/s1. The first-order valence-electron chi connectivity index (χ1n) is 10.7. The summed E-state index contributed by atoms with van der Waals surface area (Å²) >= 11 is 0. The number of hydrogen-bond donors (Lipinski definition) is 2. The van der Waals surface area contributed by atoms with Crippen molar-refractivity contribution >= 4 is 11.6 Å². The zero-order valence-corrected chi connectivity index (χ0v) is 18.3. The van der Waals surface area contributed by atoms with Crippen LogP contribution in [0.25, 0.3) is 11.3 Å². The van der Waals surface area contributed by atoms with Gasteiger partial charge in [-0.2, -0.15) is 10.4 Å². The summed E-state index contributed by atoms with van der Waals surface area (Å²) in [7, 11) is 1.86. The molecule has 0 saturated carbocycles. The molecule has 2 aromatic heterocycles. The van der Waals surface area contributed by atoms with Gasteiger partial charge in [-0.15, -0.1) is 0 Å². The molecular weight excluding hydrogens is 412 g/mol. The molecule has 1 atom stereocenters. The average Bonchev–Trinajstić information content (AvgIpc) is 3.29. The molecule has 0 aliphatic carbocycles. The number of aryl methyl sites for hydroxylation is 1. The summed E-state index contributed by atoms with van der Waals surface area (Å²) in [6, 6.07) is 22.4. The fraction of sp³-hybridized carbons (Fsp3) is 0.154. The van der Waals surface area contributed by atoms with Gasteiger partial charge in [-0.1, -0.05) is 42.5 Å². The van der Waals surface area contributed by atoms with Crippen LogP contribution in [0.3, 0.4) is 0 Å². The van der Waals surface area contributed by atoms with Crippen LogP contribution in [0.5, 0.6) is 0 Å². The Morgan fingerprint density at radius 2 is 1.85 bits per heavy atom. The third-order valence-electron chi connectivity index (χ3n) is 5.27. The van der Waals surface area contributed by atoms with Crippen molar-refractivity contribution < 1.29 is 4.79 Å². The number of nitriles is 1. The minimum Gasteiger partial charge on any atom is -0.323 e. The Hall–Kier alpha value is -4.28. The summed E-state index contributed by atoms with van der Waals surface area (Å²) in [4.78, 5) is 17.6.